The normalized spacial score (nSPS) is 21.6. The third-order valence-corrected chi connectivity index (χ3v) is 13.9. The van der Waals surface area contributed by atoms with Gasteiger partial charge < -0.3 is 9.80 Å². The fourth-order valence-corrected chi connectivity index (χ4v) is 10.4. The van der Waals surface area contributed by atoms with Crippen molar-refractivity contribution in [1.29, 1.82) is 0 Å². The summed E-state index contributed by atoms with van der Waals surface area (Å²) in [4.78, 5) is 35.4. The number of rotatable bonds is 9. The molecule has 64 heavy (non-hydrogen) atoms. The van der Waals surface area contributed by atoms with E-state index in [1.54, 1.807) is 4.90 Å². The highest BCUT2D eigenvalue weighted by Crippen LogP contribution is 2.45. The zero-order valence-corrected chi connectivity index (χ0v) is 34.6. The zero-order chi connectivity index (χ0) is 45.2. The topological polar surface area (TPSA) is 104 Å². The highest BCUT2D eigenvalue weighted by atomic mass is 19.4. The largest absolute Gasteiger partial charge is 0.419 e. The number of aromatic amines is 2. The molecule has 10 nitrogen and oxygen atoms in total. The first-order chi connectivity index (χ1) is 30.5. The number of piperidine rings is 2. The van der Waals surface area contributed by atoms with Crippen LogP contribution in [0.15, 0.2) is 24.3 Å². The third kappa shape index (κ3) is 8.63. The number of aromatic nitrogens is 4. The van der Waals surface area contributed by atoms with E-state index in [2.05, 4.69) is 25.3 Å². The van der Waals surface area contributed by atoms with Crippen molar-refractivity contribution in [3.63, 3.8) is 0 Å². The summed E-state index contributed by atoms with van der Waals surface area (Å²) in [5.74, 6) is -9.60. The maximum absolute atomic E-state index is 15.0. The molecule has 0 bridgehead atoms. The second kappa shape index (κ2) is 17.1. The van der Waals surface area contributed by atoms with Crippen LogP contribution >= 0.6 is 0 Å². The molecule has 4 aromatic rings. The number of halogens is 10. The molecule has 20 heteroatoms. The molecule has 2 atom stereocenters. The van der Waals surface area contributed by atoms with Crippen LogP contribution in [-0.4, -0.2) is 104 Å². The number of amides is 2. The molecule has 2 amide bonds. The number of likely N-dealkylation sites (tertiary alicyclic amines) is 2. The summed E-state index contributed by atoms with van der Waals surface area (Å²) in [6.45, 7) is 3.52. The number of fused-ring (bicyclic) bond motifs is 2. The molecular formula is C44H46F10N8O2. The molecule has 2 aromatic heterocycles. The number of hydrogen-bond acceptors (Lipinski definition) is 6. The Morgan fingerprint density at radius 2 is 1.16 bits per heavy atom. The van der Waals surface area contributed by atoms with Crippen LogP contribution in [0, 0.1) is 35.1 Å². The van der Waals surface area contributed by atoms with E-state index in [1.807, 2.05) is 4.90 Å². The molecule has 344 valence electrons. The summed E-state index contributed by atoms with van der Waals surface area (Å²) in [6.07, 6.45) is -6.37. The van der Waals surface area contributed by atoms with Crippen molar-refractivity contribution in [2.75, 3.05) is 52.4 Å². The summed E-state index contributed by atoms with van der Waals surface area (Å²) in [5, 5.41) is 14.6. The summed E-state index contributed by atoms with van der Waals surface area (Å²) in [7, 11) is 0. The number of hydrogen-bond donors (Lipinski definition) is 2. The average Bonchev–Trinajstić information content (AvgIpc) is 3.82. The predicted molar refractivity (Wildman–Crippen MR) is 210 cm³/mol. The smallest absolute Gasteiger partial charge is 0.337 e. The third-order valence-electron chi connectivity index (χ3n) is 13.9. The second-order valence-corrected chi connectivity index (χ2v) is 17.9. The van der Waals surface area contributed by atoms with Crippen LogP contribution in [0.3, 0.4) is 0 Å². The molecule has 2 unspecified atom stereocenters. The van der Waals surface area contributed by atoms with Crippen LogP contribution in [-0.2, 0) is 38.3 Å². The molecule has 2 N–H and O–H groups in total. The van der Waals surface area contributed by atoms with Crippen LogP contribution in [0.4, 0.5) is 43.9 Å². The summed E-state index contributed by atoms with van der Waals surface area (Å²) in [6, 6.07) is 3.30. The Labute approximate surface area is 361 Å². The number of nitrogens with zero attached hydrogens (tertiary/aromatic N) is 6. The molecule has 2 saturated heterocycles. The Kier molecular flexibility index (Phi) is 11.8. The van der Waals surface area contributed by atoms with Crippen LogP contribution in [0.1, 0.15) is 116 Å². The van der Waals surface area contributed by atoms with Crippen LogP contribution in [0.5, 0.6) is 0 Å². The SMILES string of the molecule is O=C(c1n[nH]c2c1CN(CCC1CN(C(=O)c3n[nH]c4c3CN(CC3CC3)CC4)CCC1c1ccc(F)c(F)c1C(F)(F)F)CC2)N1CCC(c2ccc(F)c(F)c2C(F)(F)F)CC1. The van der Waals surface area contributed by atoms with E-state index < -0.39 is 70.4 Å². The van der Waals surface area contributed by atoms with Crippen molar-refractivity contribution in [3.8, 4) is 0 Å². The number of benzene rings is 2. The standard InChI is InChI=1S/C44H46F10N8O2/c45-31-5-3-27(35(37(31)47)43(49,50)51)24-8-16-61(17-9-24)41(63)39-29-21-59(14-11-33(29)55-57-39)13-7-25-20-62(18-10-26(25)28-4-6-32(46)38(48)36(28)44(52,53)54)42(64)40-30-22-60(19-23-1-2-23)15-12-34(30)56-58-40/h3-6,23-26H,1-2,7-22H2,(H,55,57)(H,56,58). The van der Waals surface area contributed by atoms with Crippen molar-refractivity contribution >= 4 is 11.8 Å². The molecule has 1 saturated carbocycles. The van der Waals surface area contributed by atoms with E-state index in [9.17, 15) is 49.1 Å². The van der Waals surface area contributed by atoms with Gasteiger partial charge in [-0.05, 0) is 92.0 Å². The first-order valence-corrected chi connectivity index (χ1v) is 21.7. The van der Waals surface area contributed by atoms with Gasteiger partial charge in [0.05, 0.1) is 11.1 Å². The van der Waals surface area contributed by atoms with E-state index in [0.717, 1.165) is 36.5 Å². The number of nitrogens with one attached hydrogen (secondary N) is 2. The highest BCUT2D eigenvalue weighted by molar-refractivity contribution is 5.94. The molecule has 3 fully saturated rings. The molecule has 4 aliphatic heterocycles. The Morgan fingerprint density at radius 3 is 1.73 bits per heavy atom. The molecule has 0 radical (unpaired) electrons. The number of H-pyrrole nitrogens is 2. The van der Waals surface area contributed by atoms with E-state index in [1.165, 1.54) is 17.7 Å². The van der Waals surface area contributed by atoms with Crippen molar-refractivity contribution in [2.45, 2.75) is 88.6 Å². The van der Waals surface area contributed by atoms with Gasteiger partial charge in [-0.3, -0.25) is 29.6 Å². The van der Waals surface area contributed by atoms with Crippen molar-refractivity contribution < 1.29 is 53.5 Å². The van der Waals surface area contributed by atoms with E-state index in [0.29, 0.717) is 61.8 Å². The van der Waals surface area contributed by atoms with Gasteiger partial charge in [-0.2, -0.15) is 36.5 Å². The monoisotopic (exact) mass is 908 g/mol. The van der Waals surface area contributed by atoms with Gasteiger partial charge in [-0.25, -0.2) is 17.6 Å². The quantitative estimate of drug-likeness (QED) is 0.164. The highest BCUT2D eigenvalue weighted by Gasteiger charge is 2.45. The Balaban J connectivity index is 0.907. The molecule has 5 aliphatic rings. The molecule has 1 aliphatic carbocycles. The van der Waals surface area contributed by atoms with Crippen molar-refractivity contribution in [2.24, 2.45) is 11.8 Å². The van der Waals surface area contributed by atoms with Gasteiger partial charge in [0.15, 0.2) is 34.7 Å². The maximum Gasteiger partial charge on any atom is 0.419 e. The van der Waals surface area contributed by atoms with E-state index in [4.69, 9.17) is 0 Å². The first-order valence-electron chi connectivity index (χ1n) is 21.7. The fourth-order valence-electron chi connectivity index (χ4n) is 10.4. The lowest BCUT2D eigenvalue weighted by Crippen LogP contribution is -2.45. The first kappa shape index (κ1) is 44.2. The second-order valence-electron chi connectivity index (χ2n) is 17.9. The van der Waals surface area contributed by atoms with Gasteiger partial charge in [-0.1, -0.05) is 12.1 Å². The van der Waals surface area contributed by atoms with Gasteiger partial charge in [0.1, 0.15) is 0 Å². The van der Waals surface area contributed by atoms with Gasteiger partial charge in [0.25, 0.3) is 11.8 Å². The van der Waals surface area contributed by atoms with Crippen LogP contribution < -0.4 is 0 Å². The Hall–Kier alpha value is -4.98. The number of alkyl halides is 6. The van der Waals surface area contributed by atoms with Gasteiger partial charge in [0.2, 0.25) is 0 Å². The minimum absolute atomic E-state index is 0.0345. The average molecular weight is 909 g/mol. The Morgan fingerprint density at radius 1 is 0.641 bits per heavy atom. The van der Waals surface area contributed by atoms with Gasteiger partial charge in [-0.15, -0.1) is 0 Å². The van der Waals surface area contributed by atoms with Crippen LogP contribution in [0.2, 0.25) is 0 Å². The minimum Gasteiger partial charge on any atom is -0.337 e. The molecule has 2 aromatic carbocycles. The fraction of sp³-hybridized carbons (Fsp3) is 0.545. The van der Waals surface area contributed by atoms with Crippen LogP contribution in [0.25, 0.3) is 0 Å². The lowest BCUT2D eigenvalue weighted by atomic mass is 9.76. The predicted octanol–water partition coefficient (Wildman–Crippen LogP) is 8.21. The number of carbonyl (C=O) groups excluding carboxylic acids is 2. The summed E-state index contributed by atoms with van der Waals surface area (Å²) < 4.78 is 142. The molecular weight excluding hydrogens is 863 g/mol. The maximum atomic E-state index is 15.0. The van der Waals surface area contributed by atoms with E-state index >= 15 is 4.39 Å². The van der Waals surface area contributed by atoms with Crippen molar-refractivity contribution in [1.82, 2.24) is 40.0 Å². The zero-order valence-electron chi connectivity index (χ0n) is 34.6. The Bertz CT molecular complexity index is 2420. The van der Waals surface area contributed by atoms with Crippen molar-refractivity contribution in [3.05, 3.63) is 104 Å². The minimum atomic E-state index is -5.19. The molecule has 0 spiro atoms. The lowest BCUT2D eigenvalue weighted by Gasteiger charge is -2.41. The van der Waals surface area contributed by atoms with E-state index in [-0.39, 0.29) is 86.8 Å². The molecule has 9 rings (SSSR count). The lowest BCUT2D eigenvalue weighted by molar-refractivity contribution is -0.142. The van der Waals surface area contributed by atoms with Gasteiger partial charge in [0, 0.05) is 94.3 Å². The molecule has 6 heterocycles. The number of carbonyl (C=O) groups is 2. The summed E-state index contributed by atoms with van der Waals surface area (Å²) >= 11 is 0. The van der Waals surface area contributed by atoms with Gasteiger partial charge >= 0.3 is 12.4 Å². The summed E-state index contributed by atoms with van der Waals surface area (Å²) in [5.41, 5.74) is -0.660.